The molecule has 0 aliphatic carbocycles. The lowest BCUT2D eigenvalue weighted by Crippen LogP contribution is -2.60. The van der Waals surface area contributed by atoms with E-state index < -0.39 is 49.5 Å². The molecule has 11 nitrogen and oxygen atoms in total. The van der Waals surface area contributed by atoms with E-state index in [9.17, 15) is 35.1 Å². The van der Waals surface area contributed by atoms with Gasteiger partial charge >= 0.3 is 5.97 Å². The van der Waals surface area contributed by atoms with Crippen LogP contribution in [0.25, 0.3) is 0 Å². The molecule has 0 aromatic rings. The molecule has 0 aromatic heterocycles. The average Bonchev–Trinajstić information content (AvgIpc) is 1.22. The summed E-state index contributed by atoms with van der Waals surface area (Å²) in [5, 5.41) is 54.4. The van der Waals surface area contributed by atoms with E-state index in [-0.39, 0.29) is 18.5 Å². The van der Waals surface area contributed by atoms with Gasteiger partial charge in [0.05, 0.1) is 32.0 Å². The van der Waals surface area contributed by atoms with E-state index in [0.717, 1.165) is 70.6 Å². The van der Waals surface area contributed by atoms with Gasteiger partial charge in [0.2, 0.25) is 5.91 Å². The molecule has 92 heavy (non-hydrogen) atoms. The van der Waals surface area contributed by atoms with Crippen molar-refractivity contribution in [1.29, 1.82) is 0 Å². The van der Waals surface area contributed by atoms with Crippen LogP contribution in [0, 0.1) is 0 Å². The minimum absolute atomic E-state index is 0.0192. The number of hydrogen-bond acceptors (Lipinski definition) is 10. The Balaban J connectivity index is 1.87. The molecule has 6 N–H and O–H groups in total. The predicted molar refractivity (Wildman–Crippen MR) is 389 cm³/mol. The van der Waals surface area contributed by atoms with Crippen molar-refractivity contribution >= 4 is 11.9 Å². The molecule has 540 valence electrons. The SMILES string of the molecule is CCC/C=C/CC/C=C/CC/C=C/C(O)C(COC1OC(CO)C(O)C(O)C1O)NC(=O)CCCCCCCCCCCCCCCCCCC/C=C\CCCCCCCCCCCCCCCCCCCCOC(=O)CCCCCCCCCCCCCCCC. The van der Waals surface area contributed by atoms with Crippen LogP contribution in [0.5, 0.6) is 0 Å². The number of unbranched alkanes of at least 4 members (excludes halogenated alkanes) is 51. The van der Waals surface area contributed by atoms with Crippen LogP contribution in [0.3, 0.4) is 0 Å². The molecular weight excluding hydrogens is 1150 g/mol. The number of aliphatic hydroxyl groups excluding tert-OH is 5. The first-order chi connectivity index (χ1) is 45.2. The van der Waals surface area contributed by atoms with Gasteiger partial charge in [-0.15, -0.1) is 0 Å². The highest BCUT2D eigenvalue weighted by molar-refractivity contribution is 5.76. The number of ether oxygens (including phenoxy) is 3. The van der Waals surface area contributed by atoms with Crippen molar-refractivity contribution in [1.82, 2.24) is 5.32 Å². The fourth-order valence-electron chi connectivity index (χ4n) is 12.7. The Bertz CT molecular complexity index is 1670. The Morgan fingerprint density at radius 3 is 1.12 bits per heavy atom. The molecule has 1 heterocycles. The fourth-order valence-corrected chi connectivity index (χ4v) is 12.7. The molecule has 7 atom stereocenters. The third kappa shape index (κ3) is 57.8. The van der Waals surface area contributed by atoms with E-state index in [1.165, 1.54) is 295 Å². The number of rotatable bonds is 71. The van der Waals surface area contributed by atoms with Crippen LogP contribution in [0.1, 0.15) is 393 Å². The van der Waals surface area contributed by atoms with Crippen LogP contribution in [-0.2, 0) is 23.8 Å². The second kappa shape index (κ2) is 70.0. The maximum Gasteiger partial charge on any atom is 0.305 e. The van der Waals surface area contributed by atoms with Crippen LogP contribution >= 0.6 is 0 Å². The standard InChI is InChI=1S/C81H151NO10/c1-3-5-7-9-11-13-15-16-45-49-53-57-61-65-69-77(86)90-70-66-62-58-54-50-46-43-41-39-37-35-33-31-29-27-25-23-21-19-17-18-20-22-24-26-28-30-32-34-36-38-40-42-44-48-52-56-60-64-68-76(85)82-73(72-91-81-80(89)79(88)78(87)75(71-83)92-81)74(84)67-63-59-55-51-47-14-12-10-8-6-4-2/h8,10,17-18,47,51,63,67,73-75,78-81,83-84,87-89H,3-7,9,11-16,19-46,48-50,52-62,64-66,68-72H2,1-2H3,(H,82,85)/b10-8+,18-17-,51-47+,67-63+. The maximum absolute atomic E-state index is 13.0. The van der Waals surface area contributed by atoms with Crippen molar-refractivity contribution in [3.05, 3.63) is 48.6 Å². The third-order valence-electron chi connectivity index (χ3n) is 18.9. The lowest BCUT2D eigenvalue weighted by Gasteiger charge is -2.40. The van der Waals surface area contributed by atoms with Gasteiger partial charge < -0.3 is 45.1 Å². The molecule has 0 aromatic carbocycles. The van der Waals surface area contributed by atoms with Crippen LogP contribution in [0.15, 0.2) is 48.6 Å². The van der Waals surface area contributed by atoms with Gasteiger partial charge in [-0.1, -0.05) is 351 Å². The van der Waals surface area contributed by atoms with Gasteiger partial charge in [-0.05, 0) is 77.0 Å². The first-order valence-electron chi connectivity index (χ1n) is 39.9. The fraction of sp³-hybridized carbons (Fsp3) is 0.877. The zero-order chi connectivity index (χ0) is 66.5. The molecule has 0 saturated carbocycles. The molecule has 1 aliphatic rings. The lowest BCUT2D eigenvalue weighted by molar-refractivity contribution is -0.302. The molecule has 1 amide bonds. The Morgan fingerprint density at radius 1 is 0.391 bits per heavy atom. The number of carbonyl (C=O) groups is 2. The van der Waals surface area contributed by atoms with Gasteiger partial charge in [-0.25, -0.2) is 0 Å². The first-order valence-corrected chi connectivity index (χ1v) is 39.9. The van der Waals surface area contributed by atoms with E-state index in [4.69, 9.17) is 14.2 Å². The quantitative estimate of drug-likeness (QED) is 0.0195. The summed E-state index contributed by atoms with van der Waals surface area (Å²) in [7, 11) is 0. The third-order valence-corrected chi connectivity index (χ3v) is 18.9. The maximum atomic E-state index is 13.0. The molecule has 0 radical (unpaired) electrons. The monoisotopic (exact) mass is 1300 g/mol. The topological polar surface area (TPSA) is 175 Å². The van der Waals surface area contributed by atoms with E-state index in [1.54, 1.807) is 6.08 Å². The molecular formula is C81H151NO10. The second-order valence-corrected chi connectivity index (χ2v) is 27.7. The molecule has 1 rings (SSSR count). The highest BCUT2D eigenvalue weighted by atomic mass is 16.7. The van der Waals surface area contributed by atoms with Gasteiger partial charge in [-0.2, -0.15) is 0 Å². The number of esters is 1. The van der Waals surface area contributed by atoms with Crippen molar-refractivity contribution in [3.8, 4) is 0 Å². The molecule has 0 spiro atoms. The van der Waals surface area contributed by atoms with E-state index in [0.29, 0.717) is 19.4 Å². The highest BCUT2D eigenvalue weighted by Crippen LogP contribution is 2.24. The number of carbonyl (C=O) groups excluding carboxylic acids is 2. The minimum atomic E-state index is -1.58. The average molecular weight is 1300 g/mol. The number of hydrogen-bond donors (Lipinski definition) is 6. The molecule has 7 unspecified atom stereocenters. The smallest absolute Gasteiger partial charge is 0.305 e. The summed E-state index contributed by atoms with van der Waals surface area (Å²) in [6, 6.07) is -0.831. The summed E-state index contributed by atoms with van der Waals surface area (Å²) in [5.41, 5.74) is 0. The molecule has 1 fully saturated rings. The molecule has 1 saturated heterocycles. The minimum Gasteiger partial charge on any atom is -0.466 e. The summed E-state index contributed by atoms with van der Waals surface area (Å²) in [6.07, 6.45) is 83.1. The van der Waals surface area contributed by atoms with Gasteiger partial charge in [-0.3, -0.25) is 9.59 Å². The number of nitrogens with one attached hydrogen (secondary N) is 1. The normalized spacial score (nSPS) is 17.8. The summed E-state index contributed by atoms with van der Waals surface area (Å²) < 4.78 is 16.7. The van der Waals surface area contributed by atoms with Crippen LogP contribution in [0.4, 0.5) is 0 Å². The van der Waals surface area contributed by atoms with Crippen molar-refractivity contribution in [2.45, 2.75) is 436 Å². The Labute approximate surface area is 567 Å². The lowest BCUT2D eigenvalue weighted by atomic mass is 9.99. The predicted octanol–water partition coefficient (Wildman–Crippen LogP) is 21.5. The van der Waals surface area contributed by atoms with Crippen molar-refractivity contribution in [3.63, 3.8) is 0 Å². The summed E-state index contributed by atoms with van der Waals surface area (Å²) in [5.74, 6) is -0.173. The van der Waals surface area contributed by atoms with Crippen molar-refractivity contribution in [2.75, 3.05) is 19.8 Å². The van der Waals surface area contributed by atoms with Crippen LogP contribution in [-0.4, -0.2) is 100 Å². The Hall–Kier alpha value is -2.38. The van der Waals surface area contributed by atoms with E-state index in [1.807, 2.05) is 6.08 Å². The van der Waals surface area contributed by atoms with E-state index >= 15 is 0 Å². The highest BCUT2D eigenvalue weighted by Gasteiger charge is 2.44. The number of amides is 1. The van der Waals surface area contributed by atoms with Crippen molar-refractivity contribution < 1.29 is 49.3 Å². The molecule has 1 aliphatic heterocycles. The summed E-state index contributed by atoms with van der Waals surface area (Å²) >= 11 is 0. The van der Waals surface area contributed by atoms with Gasteiger partial charge in [0.25, 0.3) is 0 Å². The Morgan fingerprint density at radius 2 is 0.728 bits per heavy atom. The summed E-state index contributed by atoms with van der Waals surface area (Å²) in [6.45, 7) is 4.30. The zero-order valence-corrected chi connectivity index (χ0v) is 60.3. The van der Waals surface area contributed by atoms with Gasteiger partial charge in [0.15, 0.2) is 6.29 Å². The number of aliphatic hydroxyl groups is 5. The Kier molecular flexibility index (Phi) is 66.6. The largest absolute Gasteiger partial charge is 0.466 e. The molecule has 11 heteroatoms. The molecule has 0 bridgehead atoms. The zero-order valence-electron chi connectivity index (χ0n) is 60.3. The van der Waals surface area contributed by atoms with E-state index in [2.05, 4.69) is 55.6 Å². The van der Waals surface area contributed by atoms with Gasteiger partial charge in [0, 0.05) is 12.8 Å². The second-order valence-electron chi connectivity index (χ2n) is 27.7. The van der Waals surface area contributed by atoms with Crippen LogP contribution in [0.2, 0.25) is 0 Å². The summed E-state index contributed by atoms with van der Waals surface area (Å²) in [4.78, 5) is 25.1. The first kappa shape index (κ1) is 87.6. The van der Waals surface area contributed by atoms with Crippen LogP contribution < -0.4 is 5.32 Å². The number of allylic oxidation sites excluding steroid dienone is 7. The van der Waals surface area contributed by atoms with Gasteiger partial charge in [0.1, 0.15) is 24.4 Å². The van der Waals surface area contributed by atoms with Crippen molar-refractivity contribution in [2.24, 2.45) is 0 Å².